The van der Waals surface area contributed by atoms with Crippen molar-refractivity contribution in [3.63, 3.8) is 0 Å². The number of rotatable bonds is 3. The van der Waals surface area contributed by atoms with E-state index in [4.69, 9.17) is 0 Å². The van der Waals surface area contributed by atoms with Gasteiger partial charge in [-0.15, -0.1) is 11.3 Å². The van der Waals surface area contributed by atoms with Crippen LogP contribution in [-0.4, -0.2) is 10.9 Å². The summed E-state index contributed by atoms with van der Waals surface area (Å²) in [7, 11) is 0. The first-order valence-corrected chi connectivity index (χ1v) is 9.32. The predicted octanol–water partition coefficient (Wildman–Crippen LogP) is 5.83. The van der Waals surface area contributed by atoms with E-state index in [1.807, 2.05) is 55.6 Å². The van der Waals surface area contributed by atoms with Gasteiger partial charge in [0.25, 0.3) is 5.91 Å². The van der Waals surface area contributed by atoms with E-state index in [1.54, 1.807) is 0 Å². The van der Waals surface area contributed by atoms with Crippen LogP contribution in [0.1, 0.15) is 21.5 Å². The molecule has 1 N–H and O–H groups in total. The molecule has 0 aliphatic carbocycles. The van der Waals surface area contributed by atoms with Crippen LogP contribution in [0.15, 0.2) is 66.0 Å². The Morgan fingerprint density at radius 3 is 2.62 bits per heavy atom. The number of nitrogens with zero attached hydrogens (tertiary/aromatic N) is 1. The maximum absolute atomic E-state index is 12.5. The molecule has 0 atom stereocenters. The third-order valence-corrected chi connectivity index (χ3v) is 5.32. The molecule has 0 unspecified atom stereocenters. The number of benzene rings is 3. The molecule has 0 saturated heterocycles. The smallest absolute Gasteiger partial charge is 0.257 e. The Bertz CT molecular complexity index is 1110. The van der Waals surface area contributed by atoms with Gasteiger partial charge in [-0.1, -0.05) is 48.5 Å². The highest BCUT2D eigenvalue weighted by Gasteiger charge is 2.12. The number of anilines is 1. The lowest BCUT2D eigenvalue weighted by Gasteiger charge is -2.05. The third kappa shape index (κ3) is 3.11. The van der Waals surface area contributed by atoms with E-state index in [1.165, 1.54) is 22.3 Å². The molecule has 0 bridgehead atoms. The lowest BCUT2D eigenvalue weighted by Crippen LogP contribution is -2.12. The fourth-order valence-electron chi connectivity index (χ4n) is 2.96. The number of nitrogens with one attached hydrogen (secondary N) is 1. The number of aryl methyl sites for hydroxylation is 2. The van der Waals surface area contributed by atoms with Crippen LogP contribution in [0, 0.1) is 13.8 Å². The molecular formula is C22H18N2OS. The maximum atomic E-state index is 12.5. The molecule has 26 heavy (non-hydrogen) atoms. The predicted molar refractivity (Wildman–Crippen MR) is 109 cm³/mol. The van der Waals surface area contributed by atoms with Crippen LogP contribution in [0.5, 0.6) is 0 Å². The number of aromatic nitrogens is 1. The van der Waals surface area contributed by atoms with E-state index in [-0.39, 0.29) is 5.91 Å². The zero-order valence-electron chi connectivity index (χ0n) is 14.6. The van der Waals surface area contributed by atoms with E-state index < -0.39 is 0 Å². The number of hydrogen-bond acceptors (Lipinski definition) is 3. The molecule has 1 aromatic heterocycles. The first-order chi connectivity index (χ1) is 12.6. The number of fused-ring (bicyclic) bond motifs is 1. The Labute approximate surface area is 156 Å². The Morgan fingerprint density at radius 1 is 0.962 bits per heavy atom. The zero-order chi connectivity index (χ0) is 18.1. The van der Waals surface area contributed by atoms with Gasteiger partial charge in [-0.3, -0.25) is 10.1 Å². The maximum Gasteiger partial charge on any atom is 0.257 e. The van der Waals surface area contributed by atoms with Crippen molar-refractivity contribution in [2.24, 2.45) is 0 Å². The number of amides is 1. The summed E-state index contributed by atoms with van der Waals surface area (Å²) in [6.07, 6.45) is 0. The highest BCUT2D eigenvalue weighted by molar-refractivity contribution is 7.14. The summed E-state index contributed by atoms with van der Waals surface area (Å²) in [5, 5.41) is 7.84. The summed E-state index contributed by atoms with van der Waals surface area (Å²) < 4.78 is 0. The van der Waals surface area contributed by atoms with Gasteiger partial charge in [-0.05, 0) is 47.9 Å². The first kappa shape index (κ1) is 16.5. The lowest BCUT2D eigenvalue weighted by atomic mass is 10.0. The van der Waals surface area contributed by atoms with Gasteiger partial charge in [0.1, 0.15) is 0 Å². The van der Waals surface area contributed by atoms with Crippen LogP contribution in [0.2, 0.25) is 0 Å². The molecule has 0 aliphatic rings. The van der Waals surface area contributed by atoms with Gasteiger partial charge in [0.05, 0.1) is 5.69 Å². The number of hydrogen-bond donors (Lipinski definition) is 1. The molecule has 0 aliphatic heterocycles. The Balaban J connectivity index is 1.62. The minimum Gasteiger partial charge on any atom is -0.298 e. The van der Waals surface area contributed by atoms with Gasteiger partial charge in [0.15, 0.2) is 5.13 Å². The average molecular weight is 358 g/mol. The van der Waals surface area contributed by atoms with Crippen molar-refractivity contribution in [3.8, 4) is 11.3 Å². The summed E-state index contributed by atoms with van der Waals surface area (Å²) in [5.74, 6) is -0.132. The van der Waals surface area contributed by atoms with Gasteiger partial charge in [0.2, 0.25) is 0 Å². The van der Waals surface area contributed by atoms with Crippen molar-refractivity contribution in [3.05, 3.63) is 82.7 Å². The summed E-state index contributed by atoms with van der Waals surface area (Å²) in [5.41, 5.74) is 4.88. The molecule has 0 saturated carbocycles. The van der Waals surface area contributed by atoms with Gasteiger partial charge in [0, 0.05) is 16.5 Å². The van der Waals surface area contributed by atoms with E-state index in [2.05, 4.69) is 34.6 Å². The number of carbonyl (C=O) groups excluding carboxylic acids is 1. The normalized spacial score (nSPS) is 10.8. The molecule has 3 nitrogen and oxygen atoms in total. The fourth-order valence-corrected chi connectivity index (χ4v) is 3.66. The van der Waals surface area contributed by atoms with Crippen LogP contribution in [-0.2, 0) is 0 Å². The molecular weight excluding hydrogens is 340 g/mol. The van der Waals surface area contributed by atoms with Crippen molar-refractivity contribution in [1.29, 1.82) is 0 Å². The molecule has 128 valence electrons. The van der Waals surface area contributed by atoms with E-state index in [0.29, 0.717) is 10.7 Å². The summed E-state index contributed by atoms with van der Waals surface area (Å²) in [4.78, 5) is 17.1. The Morgan fingerprint density at radius 2 is 1.77 bits per heavy atom. The standard InChI is InChI=1S/C22H18N2OS/c1-14-10-11-17(12-15(14)2)21(25)24-22-23-20(13-26-22)19-9-5-7-16-6-3-4-8-18(16)19/h3-13H,1-2H3,(H,23,24,25). The largest absolute Gasteiger partial charge is 0.298 e. The topological polar surface area (TPSA) is 42.0 Å². The lowest BCUT2D eigenvalue weighted by molar-refractivity contribution is 0.102. The molecule has 4 rings (SSSR count). The van der Waals surface area contributed by atoms with Crippen molar-refractivity contribution < 1.29 is 4.79 Å². The summed E-state index contributed by atoms with van der Waals surface area (Å²) in [6, 6.07) is 20.1. The number of thiazole rings is 1. The molecule has 3 aromatic carbocycles. The van der Waals surface area contributed by atoms with Crippen molar-refractivity contribution in [2.45, 2.75) is 13.8 Å². The van der Waals surface area contributed by atoms with Gasteiger partial charge >= 0.3 is 0 Å². The molecule has 1 heterocycles. The molecule has 0 spiro atoms. The molecule has 1 amide bonds. The van der Waals surface area contributed by atoms with E-state index in [0.717, 1.165) is 22.2 Å². The second kappa shape index (κ2) is 6.73. The quantitative estimate of drug-likeness (QED) is 0.500. The molecule has 4 heteroatoms. The molecule has 0 fully saturated rings. The SMILES string of the molecule is Cc1ccc(C(=O)Nc2nc(-c3cccc4ccccc34)cs2)cc1C. The van der Waals surface area contributed by atoms with Crippen molar-refractivity contribution in [2.75, 3.05) is 5.32 Å². The van der Waals surface area contributed by atoms with E-state index in [9.17, 15) is 4.79 Å². The average Bonchev–Trinajstić information content (AvgIpc) is 3.11. The summed E-state index contributed by atoms with van der Waals surface area (Å²) in [6.45, 7) is 4.04. The molecule has 4 aromatic rings. The van der Waals surface area contributed by atoms with Crippen LogP contribution in [0.25, 0.3) is 22.0 Å². The van der Waals surface area contributed by atoms with Crippen LogP contribution in [0.3, 0.4) is 0 Å². The Kier molecular flexibility index (Phi) is 4.27. The van der Waals surface area contributed by atoms with Crippen LogP contribution < -0.4 is 5.32 Å². The minimum absolute atomic E-state index is 0.132. The highest BCUT2D eigenvalue weighted by Crippen LogP contribution is 2.31. The monoisotopic (exact) mass is 358 g/mol. The van der Waals surface area contributed by atoms with Crippen molar-refractivity contribution >= 4 is 33.1 Å². The fraction of sp³-hybridized carbons (Fsp3) is 0.0909. The first-order valence-electron chi connectivity index (χ1n) is 8.44. The van der Waals surface area contributed by atoms with Gasteiger partial charge in [-0.2, -0.15) is 0 Å². The third-order valence-electron chi connectivity index (χ3n) is 4.56. The second-order valence-corrected chi connectivity index (χ2v) is 7.18. The van der Waals surface area contributed by atoms with Crippen LogP contribution >= 0.6 is 11.3 Å². The van der Waals surface area contributed by atoms with E-state index >= 15 is 0 Å². The Hall–Kier alpha value is -2.98. The summed E-state index contributed by atoms with van der Waals surface area (Å²) >= 11 is 1.44. The van der Waals surface area contributed by atoms with Gasteiger partial charge in [-0.25, -0.2) is 4.98 Å². The number of carbonyl (C=O) groups is 1. The van der Waals surface area contributed by atoms with Crippen LogP contribution in [0.4, 0.5) is 5.13 Å². The van der Waals surface area contributed by atoms with Gasteiger partial charge < -0.3 is 0 Å². The van der Waals surface area contributed by atoms with Crippen molar-refractivity contribution in [1.82, 2.24) is 4.98 Å². The zero-order valence-corrected chi connectivity index (χ0v) is 15.4. The molecule has 0 radical (unpaired) electrons. The highest BCUT2D eigenvalue weighted by atomic mass is 32.1. The second-order valence-electron chi connectivity index (χ2n) is 6.32. The minimum atomic E-state index is -0.132.